The van der Waals surface area contributed by atoms with Crippen molar-refractivity contribution in [3.63, 3.8) is 0 Å². The fourth-order valence-corrected chi connectivity index (χ4v) is 1.87. The predicted molar refractivity (Wildman–Crippen MR) is 77.4 cm³/mol. The number of ketones is 1. The first-order valence-electron chi connectivity index (χ1n) is 6.62. The molecule has 21 heavy (non-hydrogen) atoms. The molecule has 1 atom stereocenters. The van der Waals surface area contributed by atoms with Crippen LogP contribution >= 0.6 is 0 Å². The van der Waals surface area contributed by atoms with E-state index in [9.17, 15) is 14.0 Å². The van der Waals surface area contributed by atoms with Gasteiger partial charge in [-0.1, -0.05) is 25.1 Å². The number of rotatable bonds is 6. The topological polar surface area (TPSA) is 52.0 Å². The lowest BCUT2D eigenvalue weighted by atomic mass is 10.0. The van der Waals surface area contributed by atoms with Crippen LogP contribution in [0.5, 0.6) is 0 Å². The zero-order valence-corrected chi connectivity index (χ0v) is 11.6. The lowest BCUT2D eigenvalue weighted by Gasteiger charge is -2.02. The van der Waals surface area contributed by atoms with E-state index in [1.807, 2.05) is 0 Å². The van der Waals surface area contributed by atoms with E-state index in [1.165, 1.54) is 16.8 Å². The van der Waals surface area contributed by atoms with Gasteiger partial charge in [-0.3, -0.25) is 4.79 Å². The van der Waals surface area contributed by atoms with Gasteiger partial charge < -0.3 is 4.79 Å². The van der Waals surface area contributed by atoms with E-state index in [2.05, 4.69) is 5.10 Å². The van der Waals surface area contributed by atoms with E-state index in [0.29, 0.717) is 24.1 Å². The molecule has 1 aromatic heterocycles. The smallest absolute Gasteiger partial charge is 0.148 e. The number of hydrogen-bond acceptors (Lipinski definition) is 3. The van der Waals surface area contributed by atoms with Crippen LogP contribution in [0.1, 0.15) is 19.0 Å². The molecular weight excluding hydrogens is 271 g/mol. The van der Waals surface area contributed by atoms with Crippen molar-refractivity contribution in [2.45, 2.75) is 13.3 Å². The van der Waals surface area contributed by atoms with Crippen LogP contribution in [-0.2, 0) is 9.59 Å². The number of hydrogen-bond donors (Lipinski definition) is 0. The summed E-state index contributed by atoms with van der Waals surface area (Å²) in [4.78, 5) is 22.3. The number of carbonyl (C=O) groups is 2. The molecule has 0 fully saturated rings. The molecule has 0 radical (unpaired) electrons. The van der Waals surface area contributed by atoms with Crippen LogP contribution in [0.3, 0.4) is 0 Å². The van der Waals surface area contributed by atoms with Gasteiger partial charge in [0, 0.05) is 12.6 Å². The van der Waals surface area contributed by atoms with Crippen molar-refractivity contribution in [3.8, 4) is 5.69 Å². The van der Waals surface area contributed by atoms with E-state index in [-0.39, 0.29) is 11.6 Å². The Labute approximate surface area is 121 Å². The summed E-state index contributed by atoms with van der Waals surface area (Å²) < 4.78 is 15.0. The molecule has 108 valence electrons. The summed E-state index contributed by atoms with van der Waals surface area (Å²) in [5.41, 5.74) is 0.891. The lowest BCUT2D eigenvalue weighted by Crippen LogP contribution is -2.11. The van der Waals surface area contributed by atoms with Gasteiger partial charge >= 0.3 is 0 Å². The van der Waals surface area contributed by atoms with Crippen LogP contribution in [0.25, 0.3) is 11.8 Å². The molecule has 1 unspecified atom stereocenters. The predicted octanol–water partition coefficient (Wildman–Crippen LogP) is 2.82. The zero-order valence-electron chi connectivity index (χ0n) is 11.6. The summed E-state index contributed by atoms with van der Waals surface area (Å²) in [6.07, 6.45) is 5.63. The first kappa shape index (κ1) is 14.8. The molecule has 0 aliphatic carbocycles. The van der Waals surface area contributed by atoms with E-state index >= 15 is 0 Å². The molecule has 0 spiro atoms. The number of aromatic nitrogens is 2. The molecule has 2 aromatic rings. The van der Waals surface area contributed by atoms with Gasteiger partial charge in [-0.15, -0.1) is 0 Å². The highest BCUT2D eigenvalue weighted by Crippen LogP contribution is 2.13. The van der Waals surface area contributed by atoms with Crippen LogP contribution in [0, 0.1) is 11.7 Å². The van der Waals surface area contributed by atoms with Crippen LogP contribution < -0.4 is 0 Å². The number of para-hydroxylation sites is 1. The van der Waals surface area contributed by atoms with Crippen LogP contribution in [0.2, 0.25) is 0 Å². The highest BCUT2D eigenvalue weighted by molar-refractivity contribution is 5.95. The number of Topliss-reactive ketones (excluding diaryl/α,β-unsaturated/α-hetero) is 1. The number of allylic oxidation sites excluding steroid dienone is 1. The molecule has 4 nitrogen and oxygen atoms in total. The van der Waals surface area contributed by atoms with Crippen molar-refractivity contribution in [2.75, 3.05) is 0 Å². The Hall–Kier alpha value is -2.56. The third kappa shape index (κ3) is 3.51. The highest BCUT2D eigenvalue weighted by Gasteiger charge is 2.11. The SMILES string of the molecule is CCC(=O)C(C=O)/C=C/c1ccn(-c2ccccc2F)n1. The van der Waals surface area contributed by atoms with Gasteiger partial charge in [-0.25, -0.2) is 9.07 Å². The van der Waals surface area contributed by atoms with Gasteiger partial charge in [-0.05, 0) is 24.3 Å². The maximum atomic E-state index is 13.6. The molecular formula is C16H15FN2O2. The average molecular weight is 286 g/mol. The summed E-state index contributed by atoms with van der Waals surface area (Å²) >= 11 is 0. The Morgan fingerprint density at radius 2 is 2.14 bits per heavy atom. The molecule has 0 aliphatic heterocycles. The molecule has 2 rings (SSSR count). The average Bonchev–Trinajstić information content (AvgIpc) is 2.96. The van der Waals surface area contributed by atoms with Crippen molar-refractivity contribution in [2.24, 2.45) is 5.92 Å². The van der Waals surface area contributed by atoms with Crippen molar-refractivity contribution in [1.82, 2.24) is 9.78 Å². The number of nitrogens with zero attached hydrogens (tertiary/aromatic N) is 2. The molecule has 0 saturated carbocycles. The highest BCUT2D eigenvalue weighted by atomic mass is 19.1. The largest absolute Gasteiger partial charge is 0.302 e. The Balaban J connectivity index is 2.19. The van der Waals surface area contributed by atoms with E-state index in [1.54, 1.807) is 43.5 Å². The molecule has 1 heterocycles. The number of carbonyl (C=O) groups excluding carboxylic acids is 2. The summed E-state index contributed by atoms with van der Waals surface area (Å²) in [7, 11) is 0. The maximum Gasteiger partial charge on any atom is 0.148 e. The minimum Gasteiger partial charge on any atom is -0.302 e. The number of halogens is 1. The molecule has 0 amide bonds. The molecule has 5 heteroatoms. The molecule has 1 aromatic carbocycles. The Bertz CT molecular complexity index is 676. The summed E-state index contributed by atoms with van der Waals surface area (Å²) in [5.74, 6) is -1.27. The Kier molecular flexibility index (Phi) is 4.77. The van der Waals surface area contributed by atoms with Crippen molar-refractivity contribution in [3.05, 3.63) is 54.1 Å². The number of aldehydes is 1. The maximum absolute atomic E-state index is 13.6. The van der Waals surface area contributed by atoms with Crippen LogP contribution in [0.4, 0.5) is 4.39 Å². The number of benzene rings is 1. The fourth-order valence-electron chi connectivity index (χ4n) is 1.87. The van der Waals surface area contributed by atoms with Gasteiger partial charge in [0.2, 0.25) is 0 Å². The lowest BCUT2D eigenvalue weighted by molar-refractivity contribution is -0.125. The van der Waals surface area contributed by atoms with Crippen molar-refractivity contribution in [1.29, 1.82) is 0 Å². The third-order valence-corrected chi connectivity index (χ3v) is 3.05. The van der Waals surface area contributed by atoms with E-state index < -0.39 is 5.92 Å². The molecule has 0 saturated heterocycles. The first-order valence-corrected chi connectivity index (χ1v) is 6.62. The third-order valence-electron chi connectivity index (χ3n) is 3.05. The summed E-state index contributed by atoms with van der Waals surface area (Å²) in [6, 6.07) is 7.98. The second-order valence-electron chi connectivity index (χ2n) is 4.48. The fraction of sp³-hybridized carbons (Fsp3) is 0.188. The Morgan fingerprint density at radius 1 is 1.38 bits per heavy atom. The molecule has 0 N–H and O–H groups in total. The van der Waals surface area contributed by atoms with E-state index in [4.69, 9.17) is 0 Å². The van der Waals surface area contributed by atoms with Gasteiger partial charge in [0.25, 0.3) is 0 Å². The quantitative estimate of drug-likeness (QED) is 0.606. The second-order valence-corrected chi connectivity index (χ2v) is 4.48. The van der Waals surface area contributed by atoms with Gasteiger partial charge in [0.1, 0.15) is 23.6 Å². The summed E-state index contributed by atoms with van der Waals surface area (Å²) in [5, 5.41) is 4.20. The molecule has 0 aliphatic rings. The van der Waals surface area contributed by atoms with Crippen molar-refractivity contribution >= 4 is 18.1 Å². The minimum absolute atomic E-state index is 0.144. The Morgan fingerprint density at radius 3 is 2.81 bits per heavy atom. The standard InChI is InChI=1S/C16H15FN2O2/c1-2-16(21)12(11-20)7-8-13-9-10-19(18-13)15-6-4-3-5-14(15)17/h3-12H,2H2,1H3/b8-7+. The van der Waals surface area contributed by atoms with Crippen LogP contribution in [0.15, 0.2) is 42.6 Å². The van der Waals surface area contributed by atoms with Gasteiger partial charge in [-0.2, -0.15) is 5.10 Å². The van der Waals surface area contributed by atoms with Crippen LogP contribution in [-0.4, -0.2) is 21.8 Å². The second kappa shape index (κ2) is 6.74. The monoisotopic (exact) mass is 286 g/mol. The summed E-state index contributed by atoms with van der Waals surface area (Å²) in [6.45, 7) is 1.71. The molecule has 0 bridgehead atoms. The normalized spacial score (nSPS) is 12.5. The zero-order chi connectivity index (χ0) is 15.2. The minimum atomic E-state index is -0.756. The first-order chi connectivity index (χ1) is 10.2. The van der Waals surface area contributed by atoms with Crippen molar-refractivity contribution < 1.29 is 14.0 Å². The van der Waals surface area contributed by atoms with Gasteiger partial charge in [0.05, 0.1) is 11.6 Å². The van der Waals surface area contributed by atoms with E-state index in [0.717, 1.165) is 0 Å². The van der Waals surface area contributed by atoms with Gasteiger partial charge in [0.15, 0.2) is 0 Å².